The quantitative estimate of drug-likeness (QED) is 0.348. The van der Waals surface area contributed by atoms with E-state index >= 15 is 0 Å². The monoisotopic (exact) mass is 222 g/mol. The van der Waals surface area contributed by atoms with Crippen molar-refractivity contribution in [3.05, 3.63) is 42.0 Å². The highest BCUT2D eigenvalue weighted by molar-refractivity contribution is 7.98. The van der Waals surface area contributed by atoms with E-state index in [1.807, 2.05) is 6.92 Å². The molecule has 1 unspecified atom stereocenters. The Morgan fingerprint density at radius 3 is 2.47 bits per heavy atom. The summed E-state index contributed by atoms with van der Waals surface area (Å²) in [6, 6.07) is 8.61. The molecule has 0 fully saturated rings. The van der Waals surface area contributed by atoms with Gasteiger partial charge in [0, 0.05) is 10.9 Å². The van der Waals surface area contributed by atoms with Crippen molar-refractivity contribution in [2.75, 3.05) is 6.26 Å². The van der Waals surface area contributed by atoms with Crippen LogP contribution in [0.5, 0.6) is 0 Å². The van der Waals surface area contributed by atoms with Crippen LogP contribution >= 0.6 is 11.8 Å². The number of hydrogen-bond acceptors (Lipinski definition) is 3. The predicted octanol–water partition coefficient (Wildman–Crippen LogP) is 2.88. The molecule has 0 bridgehead atoms. The van der Waals surface area contributed by atoms with Crippen LogP contribution in [0.2, 0.25) is 0 Å². The number of hydrogen-bond donors (Lipinski definition) is 2. The number of nitrogens with one attached hydrogen (secondary N) is 1. The van der Waals surface area contributed by atoms with E-state index in [9.17, 15) is 0 Å². The molecule has 0 spiro atoms. The Labute approximate surface area is 95.9 Å². The number of benzene rings is 1. The summed E-state index contributed by atoms with van der Waals surface area (Å²) in [6.07, 6.45) is 2.94. The van der Waals surface area contributed by atoms with Crippen molar-refractivity contribution in [2.45, 2.75) is 24.3 Å². The maximum absolute atomic E-state index is 5.53. The van der Waals surface area contributed by atoms with Crippen LogP contribution in [0, 0.1) is 0 Å². The number of thioether (sulfide) groups is 1. The van der Waals surface area contributed by atoms with Crippen molar-refractivity contribution in [3.8, 4) is 0 Å². The third kappa shape index (κ3) is 3.70. The van der Waals surface area contributed by atoms with Gasteiger partial charge < -0.3 is 0 Å². The Morgan fingerprint density at radius 2 is 2.07 bits per heavy atom. The molecular weight excluding hydrogens is 204 g/mol. The van der Waals surface area contributed by atoms with Gasteiger partial charge in [-0.25, -0.2) is 0 Å². The standard InChI is InChI=1S/C12H18N2S/c1-9(2)8-12(14-13)10-4-6-11(15-3)7-5-10/h4-7,12,14H,1,8,13H2,2-3H3. The maximum Gasteiger partial charge on any atom is 0.0496 e. The molecule has 0 aliphatic rings. The lowest BCUT2D eigenvalue weighted by atomic mass is 10.0. The SMILES string of the molecule is C=C(C)CC(NN)c1ccc(SC)cc1. The highest BCUT2D eigenvalue weighted by Gasteiger charge is 2.08. The van der Waals surface area contributed by atoms with Crippen LogP contribution in [0.3, 0.4) is 0 Å². The average Bonchev–Trinajstić information content (AvgIpc) is 2.26. The maximum atomic E-state index is 5.53. The second-order valence-corrected chi connectivity index (χ2v) is 4.53. The summed E-state index contributed by atoms with van der Waals surface area (Å²) in [5.74, 6) is 5.53. The summed E-state index contributed by atoms with van der Waals surface area (Å²) in [4.78, 5) is 1.27. The average molecular weight is 222 g/mol. The van der Waals surface area contributed by atoms with Gasteiger partial charge in [-0.05, 0) is 37.3 Å². The summed E-state index contributed by atoms with van der Waals surface area (Å²) in [7, 11) is 0. The summed E-state index contributed by atoms with van der Waals surface area (Å²) >= 11 is 1.74. The molecule has 0 radical (unpaired) electrons. The van der Waals surface area contributed by atoms with E-state index in [0.29, 0.717) is 0 Å². The zero-order valence-corrected chi connectivity index (χ0v) is 10.1. The Balaban J connectivity index is 2.78. The second-order valence-electron chi connectivity index (χ2n) is 3.65. The van der Waals surface area contributed by atoms with E-state index in [1.165, 1.54) is 10.5 Å². The Morgan fingerprint density at radius 1 is 1.47 bits per heavy atom. The van der Waals surface area contributed by atoms with Crippen LogP contribution in [-0.2, 0) is 0 Å². The Hall–Kier alpha value is -0.770. The topological polar surface area (TPSA) is 38.0 Å². The molecule has 3 N–H and O–H groups in total. The van der Waals surface area contributed by atoms with Crippen molar-refractivity contribution < 1.29 is 0 Å². The fourth-order valence-corrected chi connectivity index (χ4v) is 1.87. The number of rotatable bonds is 5. The van der Waals surface area contributed by atoms with E-state index in [4.69, 9.17) is 5.84 Å². The molecule has 0 saturated heterocycles. The fraction of sp³-hybridized carbons (Fsp3) is 0.333. The zero-order valence-electron chi connectivity index (χ0n) is 9.29. The van der Waals surface area contributed by atoms with Gasteiger partial charge >= 0.3 is 0 Å². The van der Waals surface area contributed by atoms with Gasteiger partial charge in [0.15, 0.2) is 0 Å². The molecule has 1 rings (SSSR count). The lowest BCUT2D eigenvalue weighted by molar-refractivity contribution is 0.550. The molecule has 0 heterocycles. The summed E-state index contributed by atoms with van der Waals surface area (Å²) < 4.78 is 0. The minimum atomic E-state index is 0.165. The van der Waals surface area contributed by atoms with E-state index in [-0.39, 0.29) is 6.04 Å². The van der Waals surface area contributed by atoms with Gasteiger partial charge in [0.1, 0.15) is 0 Å². The molecule has 0 amide bonds. The largest absolute Gasteiger partial charge is 0.271 e. The van der Waals surface area contributed by atoms with Crippen LogP contribution in [0.15, 0.2) is 41.3 Å². The van der Waals surface area contributed by atoms with Crippen LogP contribution in [-0.4, -0.2) is 6.26 Å². The first kappa shape index (κ1) is 12.3. The highest BCUT2D eigenvalue weighted by Crippen LogP contribution is 2.22. The minimum Gasteiger partial charge on any atom is -0.271 e. The lowest BCUT2D eigenvalue weighted by Crippen LogP contribution is -2.28. The minimum absolute atomic E-state index is 0.165. The van der Waals surface area contributed by atoms with E-state index < -0.39 is 0 Å². The zero-order chi connectivity index (χ0) is 11.3. The van der Waals surface area contributed by atoms with Crippen LogP contribution in [0.25, 0.3) is 0 Å². The summed E-state index contributed by atoms with van der Waals surface area (Å²) in [6.45, 7) is 5.92. The van der Waals surface area contributed by atoms with Gasteiger partial charge in [0.25, 0.3) is 0 Å². The fourth-order valence-electron chi connectivity index (χ4n) is 1.46. The van der Waals surface area contributed by atoms with E-state index in [1.54, 1.807) is 11.8 Å². The molecule has 82 valence electrons. The molecule has 15 heavy (non-hydrogen) atoms. The van der Waals surface area contributed by atoms with Gasteiger partial charge in [0.2, 0.25) is 0 Å². The van der Waals surface area contributed by atoms with Crippen molar-refractivity contribution in [3.63, 3.8) is 0 Å². The van der Waals surface area contributed by atoms with Gasteiger partial charge in [-0.2, -0.15) is 0 Å². The molecule has 0 saturated carbocycles. The molecular formula is C12H18N2S. The van der Waals surface area contributed by atoms with Gasteiger partial charge in [-0.1, -0.05) is 17.7 Å². The van der Waals surface area contributed by atoms with Crippen molar-refractivity contribution in [1.29, 1.82) is 0 Å². The lowest BCUT2D eigenvalue weighted by Gasteiger charge is -2.16. The van der Waals surface area contributed by atoms with Gasteiger partial charge in [-0.3, -0.25) is 11.3 Å². The molecule has 2 nitrogen and oxygen atoms in total. The normalized spacial score (nSPS) is 12.5. The number of nitrogens with two attached hydrogens (primary N) is 1. The smallest absolute Gasteiger partial charge is 0.0496 e. The highest BCUT2D eigenvalue weighted by atomic mass is 32.2. The number of hydrazine groups is 1. The Kier molecular flexibility index (Phi) is 4.88. The predicted molar refractivity (Wildman–Crippen MR) is 67.7 cm³/mol. The summed E-state index contributed by atoms with van der Waals surface area (Å²) in [5.41, 5.74) is 5.16. The Bertz CT molecular complexity index is 319. The third-order valence-corrected chi connectivity index (χ3v) is 3.02. The summed E-state index contributed by atoms with van der Waals surface area (Å²) in [5, 5.41) is 0. The molecule has 0 aromatic heterocycles. The van der Waals surface area contributed by atoms with Crippen molar-refractivity contribution in [1.82, 2.24) is 5.43 Å². The van der Waals surface area contributed by atoms with Crippen molar-refractivity contribution >= 4 is 11.8 Å². The van der Waals surface area contributed by atoms with Crippen LogP contribution < -0.4 is 11.3 Å². The van der Waals surface area contributed by atoms with Crippen molar-refractivity contribution in [2.24, 2.45) is 5.84 Å². The third-order valence-electron chi connectivity index (χ3n) is 2.27. The molecule has 0 aliphatic carbocycles. The second kappa shape index (κ2) is 5.95. The van der Waals surface area contributed by atoms with E-state index in [0.717, 1.165) is 12.0 Å². The first-order chi connectivity index (χ1) is 7.17. The molecule has 0 aliphatic heterocycles. The van der Waals surface area contributed by atoms with Crippen LogP contribution in [0.1, 0.15) is 24.9 Å². The van der Waals surface area contributed by atoms with Gasteiger partial charge in [-0.15, -0.1) is 18.3 Å². The molecule has 1 aromatic rings. The first-order valence-corrected chi connectivity index (χ1v) is 6.14. The van der Waals surface area contributed by atoms with Crippen LogP contribution in [0.4, 0.5) is 0 Å². The molecule has 1 aromatic carbocycles. The first-order valence-electron chi connectivity index (χ1n) is 4.92. The van der Waals surface area contributed by atoms with Gasteiger partial charge in [0.05, 0.1) is 0 Å². The molecule has 1 atom stereocenters. The molecule has 3 heteroatoms. The van der Waals surface area contributed by atoms with E-state index in [2.05, 4.69) is 42.5 Å².